The first-order valence-electron chi connectivity index (χ1n) is 6.60. The van der Waals surface area contributed by atoms with E-state index in [0.29, 0.717) is 12.6 Å². The monoisotopic (exact) mass is 255 g/mol. The Morgan fingerprint density at radius 3 is 2.72 bits per heavy atom. The van der Waals surface area contributed by atoms with Crippen LogP contribution in [0.1, 0.15) is 26.2 Å². The van der Waals surface area contributed by atoms with E-state index in [0.717, 1.165) is 32.5 Å². The number of nitrogens with one attached hydrogen (secondary N) is 1. The lowest BCUT2D eigenvalue weighted by molar-refractivity contribution is -0.138. The van der Waals surface area contributed by atoms with Crippen LogP contribution < -0.4 is 5.32 Å². The molecule has 2 amide bonds. The molecule has 6 heteroatoms. The van der Waals surface area contributed by atoms with E-state index in [9.17, 15) is 9.59 Å². The second kappa shape index (κ2) is 5.56. The van der Waals surface area contributed by atoms with Crippen molar-refractivity contribution in [2.75, 3.05) is 26.2 Å². The number of fused-ring (bicyclic) bond motifs is 1. The van der Waals surface area contributed by atoms with Gasteiger partial charge < -0.3 is 15.3 Å². The Labute approximate surface area is 107 Å². The summed E-state index contributed by atoms with van der Waals surface area (Å²) in [5.41, 5.74) is 0. The molecule has 2 atom stereocenters. The summed E-state index contributed by atoms with van der Waals surface area (Å²) in [5, 5.41) is 11.3. The summed E-state index contributed by atoms with van der Waals surface area (Å²) in [6.07, 6.45) is 3.30. The second-order valence-electron chi connectivity index (χ2n) is 5.14. The molecule has 6 nitrogen and oxygen atoms in total. The minimum Gasteiger partial charge on any atom is -0.480 e. The van der Waals surface area contributed by atoms with Crippen LogP contribution >= 0.6 is 0 Å². The summed E-state index contributed by atoms with van der Waals surface area (Å²) in [6, 6.07) is -0.627. The van der Waals surface area contributed by atoms with Gasteiger partial charge in [-0.15, -0.1) is 0 Å². The maximum absolute atomic E-state index is 12.0. The molecule has 2 saturated heterocycles. The van der Waals surface area contributed by atoms with Crippen molar-refractivity contribution < 1.29 is 14.7 Å². The van der Waals surface area contributed by atoms with Crippen LogP contribution in [0.2, 0.25) is 0 Å². The molecule has 2 rings (SSSR count). The molecule has 2 aliphatic rings. The molecule has 2 heterocycles. The number of amides is 2. The molecular formula is C12H21N3O3. The average Bonchev–Trinajstić information content (AvgIpc) is 2.66. The zero-order valence-electron chi connectivity index (χ0n) is 10.8. The Bertz CT molecular complexity index is 335. The third-order valence-electron chi connectivity index (χ3n) is 3.80. The van der Waals surface area contributed by atoms with E-state index in [1.165, 1.54) is 13.3 Å². The number of rotatable bonds is 2. The number of urea groups is 1. The average molecular weight is 255 g/mol. The summed E-state index contributed by atoms with van der Waals surface area (Å²) in [4.78, 5) is 26.9. The first-order valence-corrected chi connectivity index (χ1v) is 6.60. The number of aliphatic carboxylic acids is 1. The number of carboxylic acids is 1. The molecule has 0 aliphatic carbocycles. The van der Waals surface area contributed by atoms with Crippen LogP contribution in [0, 0.1) is 0 Å². The Morgan fingerprint density at radius 1 is 1.28 bits per heavy atom. The van der Waals surface area contributed by atoms with Crippen molar-refractivity contribution in [3.8, 4) is 0 Å². The number of carboxylic acid groups (broad SMARTS) is 1. The van der Waals surface area contributed by atoms with Crippen LogP contribution in [-0.2, 0) is 4.79 Å². The number of hydrogen-bond donors (Lipinski definition) is 2. The fraction of sp³-hybridized carbons (Fsp3) is 0.833. The van der Waals surface area contributed by atoms with Crippen LogP contribution in [0.15, 0.2) is 0 Å². The topological polar surface area (TPSA) is 72.9 Å². The van der Waals surface area contributed by atoms with Crippen LogP contribution in [0.25, 0.3) is 0 Å². The van der Waals surface area contributed by atoms with Gasteiger partial charge in [0.25, 0.3) is 0 Å². The zero-order valence-corrected chi connectivity index (χ0v) is 10.8. The van der Waals surface area contributed by atoms with Crippen LogP contribution in [0.3, 0.4) is 0 Å². The third kappa shape index (κ3) is 2.93. The van der Waals surface area contributed by atoms with Gasteiger partial charge in [0.2, 0.25) is 0 Å². The maximum atomic E-state index is 12.0. The molecule has 0 bridgehead atoms. The van der Waals surface area contributed by atoms with Gasteiger partial charge in [-0.2, -0.15) is 0 Å². The van der Waals surface area contributed by atoms with E-state index in [4.69, 9.17) is 5.11 Å². The van der Waals surface area contributed by atoms with Gasteiger partial charge in [0.05, 0.1) is 0 Å². The lowest BCUT2D eigenvalue weighted by Gasteiger charge is -2.26. The number of hydrogen-bond acceptors (Lipinski definition) is 3. The predicted molar refractivity (Wildman–Crippen MR) is 66.4 cm³/mol. The summed E-state index contributed by atoms with van der Waals surface area (Å²) >= 11 is 0. The van der Waals surface area contributed by atoms with Gasteiger partial charge in [-0.05, 0) is 32.7 Å². The van der Waals surface area contributed by atoms with Gasteiger partial charge >= 0.3 is 12.0 Å². The molecule has 2 N–H and O–H groups in total. The SMILES string of the molecule is C[C@@H](NC(=O)N1CCCN2CCCC2C1)C(=O)O. The molecule has 1 unspecified atom stereocenters. The lowest BCUT2D eigenvalue weighted by Crippen LogP contribution is -2.49. The number of carbonyl (C=O) groups excluding carboxylic acids is 1. The molecule has 0 aromatic heterocycles. The molecule has 0 aromatic rings. The van der Waals surface area contributed by atoms with Gasteiger partial charge in [0.1, 0.15) is 6.04 Å². The van der Waals surface area contributed by atoms with Crippen molar-refractivity contribution in [1.29, 1.82) is 0 Å². The van der Waals surface area contributed by atoms with E-state index in [-0.39, 0.29) is 6.03 Å². The number of nitrogens with zero attached hydrogens (tertiary/aromatic N) is 2. The Hall–Kier alpha value is -1.30. The van der Waals surface area contributed by atoms with Crippen molar-refractivity contribution in [3.63, 3.8) is 0 Å². The van der Waals surface area contributed by atoms with Gasteiger partial charge in [-0.1, -0.05) is 0 Å². The van der Waals surface area contributed by atoms with Gasteiger partial charge in [-0.3, -0.25) is 9.69 Å². The quantitative estimate of drug-likeness (QED) is 0.746. The highest BCUT2D eigenvalue weighted by molar-refractivity contribution is 5.82. The zero-order chi connectivity index (χ0) is 13.1. The minimum atomic E-state index is -0.999. The third-order valence-corrected chi connectivity index (χ3v) is 3.80. The van der Waals surface area contributed by atoms with Gasteiger partial charge in [-0.25, -0.2) is 4.79 Å². The van der Waals surface area contributed by atoms with Crippen molar-refractivity contribution in [2.45, 2.75) is 38.3 Å². The summed E-state index contributed by atoms with van der Waals surface area (Å²) in [5.74, 6) is -0.999. The summed E-state index contributed by atoms with van der Waals surface area (Å²) < 4.78 is 0. The van der Waals surface area contributed by atoms with E-state index in [1.807, 2.05) is 0 Å². The highest BCUT2D eigenvalue weighted by Gasteiger charge is 2.31. The highest BCUT2D eigenvalue weighted by Crippen LogP contribution is 2.21. The second-order valence-corrected chi connectivity index (χ2v) is 5.14. The number of carbonyl (C=O) groups is 2. The van der Waals surface area contributed by atoms with Crippen LogP contribution in [-0.4, -0.2) is 65.2 Å². The fourth-order valence-electron chi connectivity index (χ4n) is 2.73. The normalized spacial score (nSPS) is 26.3. The summed E-state index contributed by atoms with van der Waals surface area (Å²) in [7, 11) is 0. The molecule has 2 fully saturated rings. The smallest absolute Gasteiger partial charge is 0.325 e. The molecule has 0 saturated carbocycles. The van der Waals surface area contributed by atoms with E-state index in [2.05, 4.69) is 10.2 Å². The molecule has 2 aliphatic heterocycles. The Morgan fingerprint density at radius 2 is 2.00 bits per heavy atom. The Kier molecular flexibility index (Phi) is 4.06. The molecule has 0 radical (unpaired) electrons. The fourth-order valence-corrected chi connectivity index (χ4v) is 2.73. The predicted octanol–water partition coefficient (Wildman–Crippen LogP) is 0.339. The van der Waals surface area contributed by atoms with Crippen molar-refractivity contribution >= 4 is 12.0 Å². The van der Waals surface area contributed by atoms with E-state index >= 15 is 0 Å². The highest BCUT2D eigenvalue weighted by atomic mass is 16.4. The standard InChI is InChI=1S/C12H21N3O3/c1-9(11(16)17)13-12(18)15-7-3-6-14-5-2-4-10(14)8-15/h9-10H,2-8H2,1H3,(H,13,18)(H,16,17)/t9-,10?/m1/s1. The first kappa shape index (κ1) is 13.1. The van der Waals surface area contributed by atoms with Gasteiger partial charge in [0.15, 0.2) is 0 Å². The van der Waals surface area contributed by atoms with Crippen LogP contribution in [0.4, 0.5) is 4.79 Å². The largest absolute Gasteiger partial charge is 0.480 e. The maximum Gasteiger partial charge on any atom is 0.325 e. The molecule has 0 aromatic carbocycles. The Balaban J connectivity index is 1.91. The minimum absolute atomic E-state index is 0.251. The van der Waals surface area contributed by atoms with Crippen molar-refractivity contribution in [3.05, 3.63) is 0 Å². The van der Waals surface area contributed by atoms with E-state index < -0.39 is 12.0 Å². The molecular weight excluding hydrogens is 234 g/mol. The molecule has 0 spiro atoms. The summed E-state index contributed by atoms with van der Waals surface area (Å²) in [6.45, 7) is 5.10. The van der Waals surface area contributed by atoms with Crippen molar-refractivity contribution in [1.82, 2.24) is 15.1 Å². The molecule has 18 heavy (non-hydrogen) atoms. The van der Waals surface area contributed by atoms with Crippen molar-refractivity contribution in [2.24, 2.45) is 0 Å². The van der Waals surface area contributed by atoms with Gasteiger partial charge in [0, 0.05) is 25.7 Å². The first-order chi connectivity index (χ1) is 8.58. The molecule has 102 valence electrons. The lowest BCUT2D eigenvalue weighted by atomic mass is 10.2. The van der Waals surface area contributed by atoms with E-state index in [1.54, 1.807) is 4.90 Å². The van der Waals surface area contributed by atoms with Crippen LogP contribution in [0.5, 0.6) is 0 Å².